The van der Waals surface area contributed by atoms with Gasteiger partial charge in [0, 0.05) is 12.4 Å². The molecular formula is C9H6ClN3OS2. The van der Waals surface area contributed by atoms with Gasteiger partial charge in [0.15, 0.2) is 20.9 Å². The second kappa shape index (κ2) is 4.90. The van der Waals surface area contributed by atoms with Crippen LogP contribution in [0.15, 0.2) is 21.9 Å². The van der Waals surface area contributed by atoms with Crippen molar-refractivity contribution in [2.75, 3.05) is 0 Å². The Hall–Kier alpha value is -0.980. The van der Waals surface area contributed by atoms with Crippen LogP contribution in [0.2, 0.25) is 5.15 Å². The molecule has 0 aromatic carbocycles. The van der Waals surface area contributed by atoms with Crippen molar-refractivity contribution in [2.24, 2.45) is 0 Å². The van der Waals surface area contributed by atoms with E-state index >= 15 is 0 Å². The lowest BCUT2D eigenvalue weighted by Crippen LogP contribution is -1.85. The van der Waals surface area contributed by atoms with E-state index in [9.17, 15) is 4.79 Å². The zero-order valence-corrected chi connectivity index (χ0v) is 10.6. The molecule has 0 aliphatic carbocycles. The van der Waals surface area contributed by atoms with Crippen LogP contribution in [0.5, 0.6) is 0 Å². The Balaban J connectivity index is 2.20. The number of hydrogen-bond donors (Lipinski definition) is 0. The van der Waals surface area contributed by atoms with E-state index in [1.807, 2.05) is 6.92 Å². The Morgan fingerprint density at radius 2 is 2.12 bits per heavy atom. The number of halogens is 1. The van der Waals surface area contributed by atoms with E-state index < -0.39 is 0 Å². The molecular weight excluding hydrogens is 266 g/mol. The smallest absolute Gasteiger partial charge is 0.194 e. The average Bonchev–Trinajstić information content (AvgIpc) is 2.62. The van der Waals surface area contributed by atoms with Crippen LogP contribution in [0.25, 0.3) is 0 Å². The molecule has 0 radical (unpaired) electrons. The summed E-state index contributed by atoms with van der Waals surface area (Å²) in [6, 6.07) is 0. The third kappa shape index (κ3) is 2.58. The largest absolute Gasteiger partial charge is 0.297 e. The van der Waals surface area contributed by atoms with Crippen LogP contribution in [0.4, 0.5) is 0 Å². The van der Waals surface area contributed by atoms with Crippen molar-refractivity contribution in [3.05, 3.63) is 28.0 Å². The molecule has 2 rings (SSSR count). The minimum absolute atomic E-state index is 0.231. The maximum absolute atomic E-state index is 10.6. The third-order valence-electron chi connectivity index (χ3n) is 1.63. The van der Waals surface area contributed by atoms with Gasteiger partial charge in [-0.05, 0) is 24.2 Å². The first kappa shape index (κ1) is 11.5. The van der Waals surface area contributed by atoms with E-state index in [2.05, 4.69) is 15.0 Å². The Morgan fingerprint density at radius 3 is 2.69 bits per heavy atom. The number of nitrogens with zero attached hydrogens (tertiary/aromatic N) is 3. The van der Waals surface area contributed by atoms with Gasteiger partial charge in [-0.15, -0.1) is 11.3 Å². The molecule has 0 saturated carbocycles. The SMILES string of the molecule is Cc1cnc(Sc2nc(Cl)c(C=O)s2)nc1. The molecule has 0 aliphatic heterocycles. The Kier molecular flexibility index (Phi) is 3.52. The van der Waals surface area contributed by atoms with E-state index in [-0.39, 0.29) is 5.15 Å². The van der Waals surface area contributed by atoms with Gasteiger partial charge in [-0.25, -0.2) is 15.0 Å². The van der Waals surface area contributed by atoms with Gasteiger partial charge < -0.3 is 0 Å². The van der Waals surface area contributed by atoms with Gasteiger partial charge in [-0.2, -0.15) is 0 Å². The molecule has 0 bridgehead atoms. The molecule has 2 heterocycles. The lowest BCUT2D eigenvalue weighted by Gasteiger charge is -1.95. The molecule has 16 heavy (non-hydrogen) atoms. The quantitative estimate of drug-likeness (QED) is 0.635. The second-order valence-electron chi connectivity index (χ2n) is 2.90. The summed E-state index contributed by atoms with van der Waals surface area (Å²) in [5, 5.41) is 0.822. The predicted octanol–water partition coefficient (Wildman–Crippen LogP) is 2.86. The molecule has 0 aliphatic rings. The highest BCUT2D eigenvalue weighted by Crippen LogP contribution is 2.32. The Morgan fingerprint density at radius 1 is 1.44 bits per heavy atom. The highest BCUT2D eigenvalue weighted by atomic mass is 35.5. The number of aldehydes is 1. The van der Waals surface area contributed by atoms with Crippen molar-refractivity contribution in [1.82, 2.24) is 15.0 Å². The van der Waals surface area contributed by atoms with Crippen molar-refractivity contribution < 1.29 is 4.79 Å². The van der Waals surface area contributed by atoms with Crippen LogP contribution in [0, 0.1) is 6.92 Å². The molecule has 7 heteroatoms. The molecule has 0 atom stereocenters. The van der Waals surface area contributed by atoms with Crippen molar-refractivity contribution in [3.8, 4) is 0 Å². The number of aromatic nitrogens is 3. The fraction of sp³-hybridized carbons (Fsp3) is 0.111. The average molecular weight is 272 g/mol. The van der Waals surface area contributed by atoms with Crippen molar-refractivity contribution >= 4 is 41.0 Å². The Labute approximate surface area is 105 Å². The monoisotopic (exact) mass is 271 g/mol. The summed E-state index contributed by atoms with van der Waals surface area (Å²) in [6.45, 7) is 1.92. The first-order chi connectivity index (χ1) is 7.69. The number of carbonyl (C=O) groups excluding carboxylic acids is 1. The minimum Gasteiger partial charge on any atom is -0.297 e. The summed E-state index contributed by atoms with van der Waals surface area (Å²) >= 11 is 8.27. The Bertz CT molecular complexity index is 512. The van der Waals surface area contributed by atoms with Crippen LogP contribution in [-0.4, -0.2) is 21.2 Å². The van der Waals surface area contributed by atoms with Gasteiger partial charge >= 0.3 is 0 Å². The van der Waals surface area contributed by atoms with E-state index in [1.165, 1.54) is 23.1 Å². The van der Waals surface area contributed by atoms with Gasteiger partial charge in [0.2, 0.25) is 0 Å². The van der Waals surface area contributed by atoms with Gasteiger partial charge in [-0.1, -0.05) is 11.6 Å². The maximum atomic E-state index is 10.6. The predicted molar refractivity (Wildman–Crippen MR) is 63.4 cm³/mol. The molecule has 2 aromatic heterocycles. The normalized spacial score (nSPS) is 10.4. The molecule has 0 amide bonds. The van der Waals surface area contributed by atoms with E-state index in [4.69, 9.17) is 11.6 Å². The van der Waals surface area contributed by atoms with E-state index in [0.29, 0.717) is 20.7 Å². The topological polar surface area (TPSA) is 55.7 Å². The first-order valence-corrected chi connectivity index (χ1v) is 6.28. The van der Waals surface area contributed by atoms with Crippen molar-refractivity contribution in [1.29, 1.82) is 0 Å². The van der Waals surface area contributed by atoms with Gasteiger partial charge in [-0.3, -0.25) is 4.79 Å². The van der Waals surface area contributed by atoms with Crippen LogP contribution in [0.3, 0.4) is 0 Å². The van der Waals surface area contributed by atoms with Gasteiger partial charge in [0.25, 0.3) is 0 Å². The fourth-order valence-corrected chi connectivity index (χ4v) is 2.93. The number of aryl methyl sites for hydroxylation is 1. The zero-order valence-electron chi connectivity index (χ0n) is 8.18. The van der Waals surface area contributed by atoms with Gasteiger partial charge in [0.05, 0.1) is 0 Å². The van der Waals surface area contributed by atoms with Crippen LogP contribution < -0.4 is 0 Å². The molecule has 0 saturated heterocycles. The lowest BCUT2D eigenvalue weighted by molar-refractivity contribution is 0.112. The van der Waals surface area contributed by atoms with Crippen LogP contribution in [-0.2, 0) is 0 Å². The third-order valence-corrected chi connectivity index (χ3v) is 3.97. The maximum Gasteiger partial charge on any atom is 0.194 e. The minimum atomic E-state index is 0.231. The zero-order chi connectivity index (χ0) is 11.5. The summed E-state index contributed by atoms with van der Waals surface area (Å²) in [7, 11) is 0. The van der Waals surface area contributed by atoms with E-state index in [1.54, 1.807) is 12.4 Å². The number of thiazole rings is 1. The van der Waals surface area contributed by atoms with Crippen LogP contribution >= 0.6 is 34.7 Å². The summed E-state index contributed by atoms with van der Waals surface area (Å²) in [5.41, 5.74) is 0.995. The second-order valence-corrected chi connectivity index (χ2v) is 5.50. The number of carbonyl (C=O) groups is 1. The first-order valence-electron chi connectivity index (χ1n) is 4.27. The molecule has 0 fully saturated rings. The lowest BCUT2D eigenvalue weighted by atomic mass is 10.4. The van der Waals surface area contributed by atoms with Crippen LogP contribution in [0.1, 0.15) is 15.2 Å². The summed E-state index contributed by atoms with van der Waals surface area (Å²) in [5.74, 6) is 0. The molecule has 82 valence electrons. The standard InChI is InChI=1S/C9H6ClN3OS2/c1-5-2-11-8(12-3-5)16-9-13-7(10)6(4-14)15-9/h2-4H,1H3. The molecule has 0 unspecified atom stereocenters. The molecule has 0 spiro atoms. The number of rotatable bonds is 3. The number of hydrogen-bond acceptors (Lipinski definition) is 6. The molecule has 4 nitrogen and oxygen atoms in total. The summed E-state index contributed by atoms with van der Waals surface area (Å²) in [6.07, 6.45) is 4.15. The van der Waals surface area contributed by atoms with Gasteiger partial charge in [0.1, 0.15) is 4.88 Å². The molecule has 2 aromatic rings. The molecule has 0 N–H and O–H groups in total. The summed E-state index contributed by atoms with van der Waals surface area (Å²) < 4.78 is 0.663. The van der Waals surface area contributed by atoms with E-state index in [0.717, 1.165) is 5.56 Å². The highest BCUT2D eigenvalue weighted by molar-refractivity contribution is 8.00. The summed E-state index contributed by atoms with van der Waals surface area (Å²) in [4.78, 5) is 23.3. The highest BCUT2D eigenvalue weighted by Gasteiger charge is 2.10. The van der Waals surface area contributed by atoms with Crippen molar-refractivity contribution in [2.45, 2.75) is 16.4 Å². The van der Waals surface area contributed by atoms with Crippen molar-refractivity contribution in [3.63, 3.8) is 0 Å². The fourth-order valence-electron chi connectivity index (χ4n) is 0.922.